The SMILES string of the molecule is F[As-](F)(F)(F)(F)F.O=O. The standard InChI is InChI=1S/AsF6.O2/c2-1(3,4,5,6)7;1-2/q-1;. The molecule has 0 aliphatic rings. The van der Waals surface area contributed by atoms with Crippen LogP contribution in [0.15, 0.2) is 0 Å². The van der Waals surface area contributed by atoms with Crippen LogP contribution in [0.2, 0.25) is 0 Å². The first-order chi connectivity index (χ1) is 3.45. The summed E-state index contributed by atoms with van der Waals surface area (Å²) in [5, 5.41) is 0. The minimum absolute atomic E-state index is 7.00. The summed E-state index contributed by atoms with van der Waals surface area (Å²) in [6.07, 6.45) is 0. The predicted octanol–water partition coefficient (Wildman–Crippen LogP) is 2.21. The first-order valence-corrected chi connectivity index (χ1v) is 5.44. The van der Waals surface area contributed by atoms with E-state index in [1.165, 1.54) is 0 Å². The van der Waals surface area contributed by atoms with Crippen LogP contribution in [0.25, 0.3) is 0 Å². The number of hydrogen-bond acceptors (Lipinski definition) is 2. The summed E-state index contributed by atoms with van der Waals surface area (Å²) in [5.41, 5.74) is 0. The van der Waals surface area contributed by atoms with Crippen molar-refractivity contribution in [3.63, 3.8) is 0 Å². The van der Waals surface area contributed by atoms with E-state index in [0.717, 1.165) is 0 Å². The van der Waals surface area contributed by atoms with Crippen molar-refractivity contribution < 1.29 is 20.8 Å². The fourth-order valence-corrected chi connectivity index (χ4v) is 0. The van der Waals surface area contributed by atoms with Crippen LogP contribution in [0, 0.1) is 9.93 Å². The van der Waals surface area contributed by atoms with Gasteiger partial charge in [0, 0.05) is 9.93 Å². The summed E-state index contributed by atoms with van der Waals surface area (Å²) < 4.78 is 59.4. The maximum absolute atomic E-state index is 11.1. The fraction of sp³-hybridized carbons (Fsp3) is 0. The molecule has 60 valence electrons. The molecular weight excluding hydrogens is 221 g/mol. The van der Waals surface area contributed by atoms with E-state index in [1.807, 2.05) is 0 Å². The average Bonchev–Trinajstić information content (AvgIpc) is 1.30. The third-order valence-corrected chi connectivity index (χ3v) is 0. The maximum Gasteiger partial charge on any atom is 0 e. The van der Waals surface area contributed by atoms with E-state index in [9.17, 15) is 20.8 Å². The van der Waals surface area contributed by atoms with Crippen molar-refractivity contribution in [2.24, 2.45) is 0 Å². The molecule has 0 fully saturated rings. The second kappa shape index (κ2) is 1.62. The smallest absolute Gasteiger partial charge is 0 e. The Bertz CT molecular complexity index is 80.4. The molecule has 0 atom stereocenters. The van der Waals surface area contributed by atoms with E-state index in [4.69, 9.17) is 9.93 Å². The van der Waals surface area contributed by atoms with Crippen LogP contribution >= 0.6 is 0 Å². The van der Waals surface area contributed by atoms with Crippen LogP contribution in [-0.4, -0.2) is 14.2 Å². The van der Waals surface area contributed by atoms with Crippen LogP contribution in [0.5, 0.6) is 0 Å². The van der Waals surface area contributed by atoms with Gasteiger partial charge in [0.05, 0.1) is 0 Å². The molecule has 0 aliphatic heterocycles. The van der Waals surface area contributed by atoms with Crippen LogP contribution in [0.4, 0.5) is 20.8 Å². The Hall–Kier alpha value is -0.262. The Kier molecular flexibility index (Phi) is 2.07. The molecule has 0 aromatic carbocycles. The van der Waals surface area contributed by atoms with Crippen molar-refractivity contribution in [1.82, 2.24) is 0 Å². The Balaban J connectivity index is 0. The van der Waals surface area contributed by atoms with Crippen molar-refractivity contribution in [3.8, 4) is 0 Å². The third kappa shape index (κ3) is 3720. The second-order valence-corrected chi connectivity index (χ2v) is 4.98. The summed E-state index contributed by atoms with van der Waals surface area (Å²) in [4.78, 5) is 14.0. The predicted molar refractivity (Wildman–Crippen MR) is 19.1 cm³/mol. The van der Waals surface area contributed by atoms with E-state index >= 15 is 0 Å². The molecule has 9 heavy (non-hydrogen) atoms. The summed E-state index contributed by atoms with van der Waals surface area (Å²) in [6.45, 7) is 0. The molecule has 0 heterocycles. The van der Waals surface area contributed by atoms with Gasteiger partial charge in [-0.2, -0.15) is 0 Å². The van der Waals surface area contributed by atoms with Gasteiger partial charge in [-0.25, -0.2) is 0 Å². The maximum atomic E-state index is 9.91. The van der Waals surface area contributed by atoms with Crippen molar-refractivity contribution in [1.29, 1.82) is 0 Å². The molecule has 0 saturated carbocycles. The molecule has 0 spiro atoms. The van der Waals surface area contributed by atoms with Crippen molar-refractivity contribution >= 4 is 14.2 Å². The minimum Gasteiger partial charge on any atom is 0 e. The van der Waals surface area contributed by atoms with E-state index < -0.39 is 14.2 Å². The largest absolute Gasteiger partial charge is 0 e. The Morgan fingerprint density at radius 3 is 0.667 bits per heavy atom. The van der Waals surface area contributed by atoms with Crippen molar-refractivity contribution in [2.75, 3.05) is 0 Å². The van der Waals surface area contributed by atoms with Gasteiger partial charge < -0.3 is 0 Å². The number of halogens is 6. The second-order valence-electron chi connectivity index (χ2n) is 0.958. The van der Waals surface area contributed by atoms with E-state index in [-0.39, 0.29) is 0 Å². The normalized spacial score (nSPS) is 18.4. The van der Waals surface area contributed by atoms with E-state index in [1.54, 1.807) is 0 Å². The molecule has 0 radical (unpaired) electrons. The molecule has 9 heteroatoms. The molecule has 0 saturated heterocycles. The van der Waals surface area contributed by atoms with Gasteiger partial charge in [-0.05, 0) is 0 Å². The summed E-state index contributed by atoms with van der Waals surface area (Å²) in [7, 11) is 0. The van der Waals surface area contributed by atoms with E-state index in [0.29, 0.717) is 0 Å². The third-order valence-electron chi connectivity index (χ3n) is 0. The summed E-state index contributed by atoms with van der Waals surface area (Å²) in [6, 6.07) is 0. The van der Waals surface area contributed by atoms with Gasteiger partial charge in [0.2, 0.25) is 0 Å². The average molecular weight is 221 g/mol. The van der Waals surface area contributed by atoms with Gasteiger partial charge in [-0.3, -0.25) is 0 Å². The monoisotopic (exact) mass is 221 g/mol. The molecule has 0 rings (SSSR count). The van der Waals surface area contributed by atoms with Crippen LogP contribution in [-0.2, 0) is 0 Å². The molecule has 0 aromatic rings. The number of rotatable bonds is 0. The van der Waals surface area contributed by atoms with Gasteiger partial charge in [0.25, 0.3) is 0 Å². The summed E-state index contributed by atoms with van der Waals surface area (Å²) in [5.74, 6) is 0. The minimum atomic E-state index is -11.1. The fourth-order valence-electron chi connectivity index (χ4n) is 0. The van der Waals surface area contributed by atoms with Crippen LogP contribution < -0.4 is 0 Å². The van der Waals surface area contributed by atoms with Gasteiger partial charge in [-0.15, -0.1) is 0 Å². The Morgan fingerprint density at radius 1 is 0.667 bits per heavy atom. The first kappa shape index (κ1) is 11.5. The molecule has 0 bridgehead atoms. The molecule has 0 unspecified atom stereocenters. The zero-order valence-corrected chi connectivity index (χ0v) is 5.41. The van der Waals surface area contributed by atoms with Crippen molar-refractivity contribution in [2.45, 2.75) is 0 Å². The molecule has 0 aromatic heterocycles. The van der Waals surface area contributed by atoms with Gasteiger partial charge in [0.1, 0.15) is 0 Å². The molecular formula is AsF6O2-. The Labute approximate surface area is 45.9 Å². The first-order valence-electron chi connectivity index (χ1n) is 1.18. The van der Waals surface area contributed by atoms with E-state index in [2.05, 4.69) is 0 Å². The topological polar surface area (TPSA) is 34.1 Å². The number of hydrogen-bond donors (Lipinski definition) is 0. The molecule has 2 nitrogen and oxygen atoms in total. The van der Waals surface area contributed by atoms with Gasteiger partial charge in [-0.1, -0.05) is 0 Å². The van der Waals surface area contributed by atoms with Gasteiger partial charge >= 0.3 is 35.0 Å². The van der Waals surface area contributed by atoms with Crippen LogP contribution in [0.3, 0.4) is 0 Å². The quantitative estimate of drug-likeness (QED) is 0.464. The summed E-state index contributed by atoms with van der Waals surface area (Å²) >= 11 is -11.1. The van der Waals surface area contributed by atoms with Crippen molar-refractivity contribution in [3.05, 3.63) is 9.93 Å². The molecule has 0 amide bonds. The van der Waals surface area contributed by atoms with Gasteiger partial charge in [0.15, 0.2) is 0 Å². The molecule has 0 aliphatic carbocycles. The zero-order chi connectivity index (χ0) is 8.41. The zero-order valence-electron chi connectivity index (χ0n) is 3.53. The van der Waals surface area contributed by atoms with Crippen LogP contribution in [0.1, 0.15) is 0 Å². The molecule has 0 N–H and O–H groups in total. The Morgan fingerprint density at radius 2 is 0.667 bits per heavy atom.